The molecule has 1 rings (SSSR count). The number of rotatable bonds is 3. The molecule has 12 heavy (non-hydrogen) atoms. The van der Waals surface area contributed by atoms with Gasteiger partial charge < -0.3 is 5.73 Å². The number of carbonyl (C=O) groups excluding carboxylic acids is 1. The zero-order valence-electron chi connectivity index (χ0n) is 7.03. The molecule has 0 bridgehead atoms. The SMILES string of the molecule is CC(CN)C(=O)c1ccccn1. The molecule has 0 aliphatic rings. The normalized spacial score (nSPS) is 12.5. The maximum Gasteiger partial charge on any atom is 0.185 e. The smallest absolute Gasteiger partial charge is 0.185 e. The van der Waals surface area contributed by atoms with Crippen LogP contribution < -0.4 is 5.73 Å². The van der Waals surface area contributed by atoms with E-state index < -0.39 is 0 Å². The van der Waals surface area contributed by atoms with Gasteiger partial charge in [-0.25, -0.2) is 0 Å². The van der Waals surface area contributed by atoms with Gasteiger partial charge >= 0.3 is 0 Å². The van der Waals surface area contributed by atoms with Gasteiger partial charge in [-0.2, -0.15) is 0 Å². The average Bonchev–Trinajstić information content (AvgIpc) is 2.17. The fraction of sp³-hybridized carbons (Fsp3) is 0.333. The highest BCUT2D eigenvalue weighted by molar-refractivity contribution is 5.95. The van der Waals surface area contributed by atoms with Crippen LogP contribution in [0.3, 0.4) is 0 Å². The summed E-state index contributed by atoms with van der Waals surface area (Å²) in [7, 11) is 0. The summed E-state index contributed by atoms with van der Waals surface area (Å²) < 4.78 is 0. The molecule has 1 heterocycles. The summed E-state index contributed by atoms with van der Waals surface area (Å²) in [5.74, 6) is -0.127. The third-order valence-corrected chi connectivity index (χ3v) is 1.72. The number of nitrogens with zero attached hydrogens (tertiary/aromatic N) is 1. The van der Waals surface area contributed by atoms with E-state index >= 15 is 0 Å². The third kappa shape index (κ3) is 1.89. The number of hydrogen-bond acceptors (Lipinski definition) is 3. The molecule has 64 valence electrons. The van der Waals surface area contributed by atoms with Crippen LogP contribution in [-0.4, -0.2) is 17.3 Å². The molecule has 3 heteroatoms. The molecule has 3 nitrogen and oxygen atoms in total. The Morgan fingerprint density at radius 2 is 2.42 bits per heavy atom. The van der Waals surface area contributed by atoms with Gasteiger partial charge in [0.25, 0.3) is 0 Å². The Bertz CT molecular complexity index is 258. The minimum absolute atomic E-state index is 0.0121. The zero-order valence-corrected chi connectivity index (χ0v) is 7.03. The van der Waals surface area contributed by atoms with Gasteiger partial charge in [0.1, 0.15) is 5.69 Å². The Morgan fingerprint density at radius 1 is 1.67 bits per heavy atom. The highest BCUT2D eigenvalue weighted by Crippen LogP contribution is 2.03. The quantitative estimate of drug-likeness (QED) is 0.674. The lowest BCUT2D eigenvalue weighted by Gasteiger charge is -2.05. The number of Topliss-reactive ketones (excluding diaryl/α,β-unsaturated/α-hetero) is 1. The Balaban J connectivity index is 2.79. The van der Waals surface area contributed by atoms with E-state index in [0.29, 0.717) is 12.2 Å². The topological polar surface area (TPSA) is 56.0 Å². The molecule has 1 aromatic rings. The number of hydrogen-bond donors (Lipinski definition) is 1. The first kappa shape index (κ1) is 8.87. The molecule has 1 unspecified atom stereocenters. The van der Waals surface area contributed by atoms with Crippen molar-refractivity contribution in [2.75, 3.05) is 6.54 Å². The molecule has 0 saturated carbocycles. The summed E-state index contributed by atoms with van der Waals surface area (Å²) in [4.78, 5) is 15.4. The van der Waals surface area contributed by atoms with Gasteiger partial charge in [-0.1, -0.05) is 13.0 Å². The van der Waals surface area contributed by atoms with Crippen LogP contribution in [0.1, 0.15) is 17.4 Å². The van der Waals surface area contributed by atoms with Crippen LogP contribution in [-0.2, 0) is 0 Å². The maximum absolute atomic E-state index is 11.4. The predicted octanol–water partition coefficient (Wildman–Crippen LogP) is 0.859. The van der Waals surface area contributed by atoms with Crippen molar-refractivity contribution in [2.45, 2.75) is 6.92 Å². The van der Waals surface area contributed by atoms with Crippen LogP contribution in [0.2, 0.25) is 0 Å². The summed E-state index contributed by atoms with van der Waals surface area (Å²) in [6.07, 6.45) is 1.61. The number of aromatic nitrogens is 1. The summed E-state index contributed by atoms with van der Waals surface area (Å²) >= 11 is 0. The second-order valence-electron chi connectivity index (χ2n) is 2.72. The van der Waals surface area contributed by atoms with Crippen molar-refractivity contribution < 1.29 is 4.79 Å². The van der Waals surface area contributed by atoms with Gasteiger partial charge in [0, 0.05) is 18.7 Å². The molecule has 0 aliphatic carbocycles. The molecular formula is C9H12N2O. The van der Waals surface area contributed by atoms with Crippen molar-refractivity contribution in [3.05, 3.63) is 30.1 Å². The van der Waals surface area contributed by atoms with E-state index in [2.05, 4.69) is 4.98 Å². The van der Waals surface area contributed by atoms with Crippen LogP contribution in [0, 0.1) is 5.92 Å². The minimum atomic E-state index is -0.139. The van der Waals surface area contributed by atoms with Crippen molar-refractivity contribution >= 4 is 5.78 Å². The number of nitrogens with two attached hydrogens (primary N) is 1. The lowest BCUT2D eigenvalue weighted by Crippen LogP contribution is -2.21. The van der Waals surface area contributed by atoms with Crippen LogP contribution in [0.4, 0.5) is 0 Å². The molecule has 0 fully saturated rings. The van der Waals surface area contributed by atoms with Crippen LogP contribution in [0.25, 0.3) is 0 Å². The Hall–Kier alpha value is -1.22. The zero-order chi connectivity index (χ0) is 8.97. The van der Waals surface area contributed by atoms with Crippen LogP contribution in [0.5, 0.6) is 0 Å². The predicted molar refractivity (Wildman–Crippen MR) is 46.8 cm³/mol. The lowest BCUT2D eigenvalue weighted by atomic mass is 10.0. The minimum Gasteiger partial charge on any atom is -0.330 e. The van der Waals surface area contributed by atoms with Gasteiger partial charge in [0.05, 0.1) is 0 Å². The van der Waals surface area contributed by atoms with Crippen molar-refractivity contribution in [2.24, 2.45) is 11.7 Å². The van der Waals surface area contributed by atoms with E-state index in [-0.39, 0.29) is 11.7 Å². The Morgan fingerprint density at radius 3 is 2.92 bits per heavy atom. The molecule has 0 spiro atoms. The summed E-state index contributed by atoms with van der Waals surface area (Å²) in [5, 5.41) is 0. The number of ketones is 1. The highest BCUT2D eigenvalue weighted by Gasteiger charge is 2.13. The van der Waals surface area contributed by atoms with Crippen molar-refractivity contribution in [1.82, 2.24) is 4.98 Å². The van der Waals surface area contributed by atoms with Gasteiger partial charge in [-0.05, 0) is 12.1 Å². The molecule has 1 atom stereocenters. The third-order valence-electron chi connectivity index (χ3n) is 1.72. The lowest BCUT2D eigenvalue weighted by molar-refractivity contribution is 0.0929. The van der Waals surface area contributed by atoms with E-state index in [1.807, 2.05) is 0 Å². The van der Waals surface area contributed by atoms with Crippen LogP contribution >= 0.6 is 0 Å². The molecule has 1 aromatic heterocycles. The van der Waals surface area contributed by atoms with Gasteiger partial charge in [0.15, 0.2) is 5.78 Å². The Kier molecular flexibility index (Phi) is 2.94. The first-order valence-electron chi connectivity index (χ1n) is 3.91. The molecule has 0 saturated heterocycles. The first-order valence-corrected chi connectivity index (χ1v) is 3.91. The van der Waals surface area contributed by atoms with E-state index in [1.54, 1.807) is 31.3 Å². The van der Waals surface area contributed by atoms with E-state index in [9.17, 15) is 4.79 Å². The number of pyridine rings is 1. The fourth-order valence-corrected chi connectivity index (χ4v) is 0.868. The monoisotopic (exact) mass is 164 g/mol. The summed E-state index contributed by atoms with van der Waals surface area (Å²) in [6.45, 7) is 2.17. The van der Waals surface area contributed by atoms with E-state index in [1.165, 1.54) is 0 Å². The highest BCUT2D eigenvalue weighted by atomic mass is 16.1. The summed E-state index contributed by atoms with van der Waals surface area (Å²) in [5.41, 5.74) is 5.86. The van der Waals surface area contributed by atoms with E-state index in [4.69, 9.17) is 5.73 Å². The molecule has 0 aliphatic heterocycles. The van der Waals surface area contributed by atoms with Crippen molar-refractivity contribution in [3.63, 3.8) is 0 Å². The first-order chi connectivity index (χ1) is 5.75. The van der Waals surface area contributed by atoms with Gasteiger partial charge in [-0.15, -0.1) is 0 Å². The molecule has 0 radical (unpaired) electrons. The number of carbonyl (C=O) groups is 1. The van der Waals surface area contributed by atoms with E-state index in [0.717, 1.165) is 0 Å². The fourth-order valence-electron chi connectivity index (χ4n) is 0.868. The van der Waals surface area contributed by atoms with Gasteiger partial charge in [-0.3, -0.25) is 9.78 Å². The molecule has 0 aromatic carbocycles. The standard InChI is InChI=1S/C9H12N2O/c1-7(6-10)9(12)8-4-2-3-5-11-8/h2-5,7H,6,10H2,1H3. The summed E-state index contributed by atoms with van der Waals surface area (Å²) in [6, 6.07) is 5.28. The molecular weight excluding hydrogens is 152 g/mol. The molecule has 0 amide bonds. The maximum atomic E-state index is 11.4. The molecule has 2 N–H and O–H groups in total. The second kappa shape index (κ2) is 3.97. The average molecular weight is 164 g/mol. The second-order valence-corrected chi connectivity index (χ2v) is 2.72. The Labute approximate surface area is 71.6 Å². The van der Waals surface area contributed by atoms with Crippen LogP contribution in [0.15, 0.2) is 24.4 Å². The van der Waals surface area contributed by atoms with Crippen molar-refractivity contribution in [1.29, 1.82) is 0 Å². The van der Waals surface area contributed by atoms with Gasteiger partial charge in [0.2, 0.25) is 0 Å². The largest absolute Gasteiger partial charge is 0.330 e. The van der Waals surface area contributed by atoms with Crippen molar-refractivity contribution in [3.8, 4) is 0 Å².